The minimum atomic E-state index is -0.162. The van der Waals surface area contributed by atoms with E-state index in [-0.39, 0.29) is 12.0 Å². The zero-order chi connectivity index (χ0) is 15.3. The molecule has 0 spiro atoms. The van der Waals surface area contributed by atoms with Crippen LogP contribution in [-0.2, 0) is 16.0 Å². The van der Waals surface area contributed by atoms with Gasteiger partial charge in [-0.1, -0.05) is 31.5 Å². The van der Waals surface area contributed by atoms with Crippen LogP contribution >= 0.6 is 0 Å². The number of esters is 1. The van der Waals surface area contributed by atoms with Crippen LogP contribution in [0.15, 0.2) is 12.1 Å². The summed E-state index contributed by atoms with van der Waals surface area (Å²) < 4.78 is 4.80. The molecule has 1 rings (SSSR count). The van der Waals surface area contributed by atoms with E-state index in [0.29, 0.717) is 12.5 Å². The van der Waals surface area contributed by atoms with Gasteiger partial charge in [-0.25, -0.2) is 0 Å². The van der Waals surface area contributed by atoms with Crippen molar-refractivity contribution in [3.63, 3.8) is 0 Å². The van der Waals surface area contributed by atoms with Crippen LogP contribution in [0, 0.1) is 20.8 Å². The summed E-state index contributed by atoms with van der Waals surface area (Å²) in [5.74, 6) is -0.162. The number of carbonyl (C=O) groups is 1. The molecule has 0 aromatic heterocycles. The van der Waals surface area contributed by atoms with Gasteiger partial charge in [-0.15, -0.1) is 0 Å². The summed E-state index contributed by atoms with van der Waals surface area (Å²) in [5, 5.41) is 3.46. The van der Waals surface area contributed by atoms with Crippen LogP contribution in [-0.4, -0.2) is 25.2 Å². The summed E-state index contributed by atoms with van der Waals surface area (Å²) >= 11 is 0. The molecule has 1 aromatic carbocycles. The van der Waals surface area contributed by atoms with Crippen molar-refractivity contribution >= 4 is 5.97 Å². The van der Waals surface area contributed by atoms with Gasteiger partial charge in [-0.05, 0) is 43.9 Å². The number of carbonyl (C=O) groups excluding carboxylic acids is 1. The number of nitrogens with one attached hydrogen (secondary N) is 1. The Bertz CT molecular complexity index is 443. The van der Waals surface area contributed by atoms with Crippen LogP contribution in [0.4, 0.5) is 0 Å². The molecular weight excluding hydrogens is 250 g/mol. The van der Waals surface area contributed by atoms with Crippen LogP contribution in [0.2, 0.25) is 0 Å². The molecular formula is C17H27NO2. The third-order valence-corrected chi connectivity index (χ3v) is 3.50. The number of ether oxygens (including phenoxy) is 1. The third kappa shape index (κ3) is 4.97. The SMILES string of the molecule is COC(=O)CC(Cc1c(C)cc(C)cc1C)NC(C)C. The average Bonchev–Trinajstić information content (AvgIpc) is 2.32. The Labute approximate surface area is 122 Å². The first-order valence-electron chi connectivity index (χ1n) is 7.23. The average molecular weight is 277 g/mol. The minimum absolute atomic E-state index is 0.113. The van der Waals surface area contributed by atoms with E-state index in [4.69, 9.17) is 4.74 Å². The summed E-state index contributed by atoms with van der Waals surface area (Å²) in [7, 11) is 1.44. The van der Waals surface area contributed by atoms with Gasteiger partial charge < -0.3 is 10.1 Å². The van der Waals surface area contributed by atoms with Crippen molar-refractivity contribution in [2.24, 2.45) is 0 Å². The zero-order valence-electron chi connectivity index (χ0n) is 13.5. The van der Waals surface area contributed by atoms with Crippen molar-refractivity contribution in [1.82, 2.24) is 5.32 Å². The molecule has 20 heavy (non-hydrogen) atoms. The van der Waals surface area contributed by atoms with Gasteiger partial charge >= 0.3 is 5.97 Å². The molecule has 1 unspecified atom stereocenters. The van der Waals surface area contributed by atoms with E-state index in [2.05, 4.69) is 52.1 Å². The molecule has 0 saturated carbocycles. The Hall–Kier alpha value is -1.35. The Morgan fingerprint density at radius 2 is 1.75 bits per heavy atom. The number of methoxy groups -OCH3 is 1. The zero-order valence-corrected chi connectivity index (χ0v) is 13.5. The lowest BCUT2D eigenvalue weighted by atomic mass is 9.93. The van der Waals surface area contributed by atoms with Crippen molar-refractivity contribution in [2.75, 3.05) is 7.11 Å². The van der Waals surface area contributed by atoms with Crippen molar-refractivity contribution in [3.8, 4) is 0 Å². The number of rotatable bonds is 6. The fraction of sp³-hybridized carbons (Fsp3) is 0.588. The number of aryl methyl sites for hydroxylation is 3. The van der Waals surface area contributed by atoms with E-state index in [1.165, 1.54) is 29.4 Å². The molecule has 3 nitrogen and oxygen atoms in total. The van der Waals surface area contributed by atoms with Crippen molar-refractivity contribution in [3.05, 3.63) is 34.4 Å². The van der Waals surface area contributed by atoms with Gasteiger partial charge in [-0.2, -0.15) is 0 Å². The molecule has 1 N–H and O–H groups in total. The first-order chi connectivity index (χ1) is 9.33. The fourth-order valence-corrected chi connectivity index (χ4v) is 2.72. The molecule has 0 aliphatic heterocycles. The lowest BCUT2D eigenvalue weighted by Gasteiger charge is -2.22. The summed E-state index contributed by atoms with van der Waals surface area (Å²) in [6.07, 6.45) is 1.26. The molecule has 0 aliphatic rings. The van der Waals surface area contributed by atoms with E-state index in [1.54, 1.807) is 0 Å². The van der Waals surface area contributed by atoms with Crippen molar-refractivity contribution in [2.45, 2.75) is 59.5 Å². The molecule has 1 atom stereocenters. The Morgan fingerprint density at radius 1 is 1.20 bits per heavy atom. The monoisotopic (exact) mass is 277 g/mol. The molecule has 0 saturated heterocycles. The van der Waals surface area contributed by atoms with E-state index >= 15 is 0 Å². The van der Waals surface area contributed by atoms with Crippen LogP contribution in [0.3, 0.4) is 0 Å². The quantitative estimate of drug-likeness (QED) is 0.812. The first-order valence-corrected chi connectivity index (χ1v) is 7.23. The highest BCUT2D eigenvalue weighted by molar-refractivity contribution is 5.70. The molecule has 1 aromatic rings. The second-order valence-electron chi connectivity index (χ2n) is 5.88. The van der Waals surface area contributed by atoms with Gasteiger partial charge in [0.25, 0.3) is 0 Å². The fourth-order valence-electron chi connectivity index (χ4n) is 2.72. The van der Waals surface area contributed by atoms with Gasteiger partial charge in [0.05, 0.1) is 13.5 Å². The Balaban J connectivity index is 2.91. The van der Waals surface area contributed by atoms with Gasteiger partial charge in [0.1, 0.15) is 0 Å². The summed E-state index contributed by atoms with van der Waals surface area (Å²) in [6.45, 7) is 10.6. The maximum atomic E-state index is 11.6. The topological polar surface area (TPSA) is 38.3 Å². The van der Waals surface area contributed by atoms with E-state index < -0.39 is 0 Å². The molecule has 3 heteroatoms. The van der Waals surface area contributed by atoms with Gasteiger partial charge in [0.2, 0.25) is 0 Å². The minimum Gasteiger partial charge on any atom is -0.469 e. The molecule has 0 bridgehead atoms. The van der Waals surface area contributed by atoms with Crippen LogP contribution in [0.5, 0.6) is 0 Å². The number of hydrogen-bond donors (Lipinski definition) is 1. The Kier molecular flexibility index (Phi) is 6.21. The molecule has 0 fully saturated rings. The van der Waals surface area contributed by atoms with Crippen LogP contribution < -0.4 is 5.32 Å². The second-order valence-corrected chi connectivity index (χ2v) is 5.88. The predicted octanol–water partition coefficient (Wildman–Crippen LogP) is 3.08. The van der Waals surface area contributed by atoms with Gasteiger partial charge in [0, 0.05) is 12.1 Å². The van der Waals surface area contributed by atoms with Gasteiger partial charge in [-0.3, -0.25) is 4.79 Å². The van der Waals surface area contributed by atoms with Crippen molar-refractivity contribution < 1.29 is 9.53 Å². The largest absolute Gasteiger partial charge is 0.469 e. The Morgan fingerprint density at radius 3 is 2.20 bits per heavy atom. The number of benzene rings is 1. The molecule has 0 amide bonds. The first kappa shape index (κ1) is 16.7. The molecule has 0 aliphatic carbocycles. The predicted molar refractivity (Wildman–Crippen MR) is 83.0 cm³/mol. The molecule has 112 valence electrons. The van der Waals surface area contributed by atoms with Crippen LogP contribution in [0.25, 0.3) is 0 Å². The van der Waals surface area contributed by atoms with Crippen molar-refractivity contribution in [1.29, 1.82) is 0 Å². The van der Waals surface area contributed by atoms with E-state index in [0.717, 1.165) is 6.42 Å². The van der Waals surface area contributed by atoms with E-state index in [9.17, 15) is 4.79 Å². The third-order valence-electron chi connectivity index (χ3n) is 3.50. The summed E-state index contributed by atoms with van der Waals surface area (Å²) in [4.78, 5) is 11.6. The van der Waals surface area contributed by atoms with Gasteiger partial charge in [0.15, 0.2) is 0 Å². The highest BCUT2D eigenvalue weighted by atomic mass is 16.5. The normalized spacial score (nSPS) is 12.6. The highest BCUT2D eigenvalue weighted by Crippen LogP contribution is 2.19. The van der Waals surface area contributed by atoms with Crippen LogP contribution in [0.1, 0.15) is 42.5 Å². The maximum Gasteiger partial charge on any atom is 0.307 e. The second kappa shape index (κ2) is 7.44. The smallest absolute Gasteiger partial charge is 0.307 e. The lowest BCUT2D eigenvalue weighted by molar-refractivity contribution is -0.141. The standard InChI is InChI=1S/C17H27NO2/c1-11(2)18-15(10-17(19)20-6)9-16-13(4)7-12(3)8-14(16)5/h7-8,11,15,18H,9-10H2,1-6H3. The molecule has 0 radical (unpaired) electrons. The summed E-state index contributed by atoms with van der Waals surface area (Å²) in [5.41, 5.74) is 5.20. The molecule has 0 heterocycles. The summed E-state index contributed by atoms with van der Waals surface area (Å²) in [6, 6.07) is 4.86. The lowest BCUT2D eigenvalue weighted by Crippen LogP contribution is -2.38. The number of hydrogen-bond acceptors (Lipinski definition) is 3. The maximum absolute atomic E-state index is 11.6. The highest BCUT2D eigenvalue weighted by Gasteiger charge is 2.17. The van der Waals surface area contributed by atoms with E-state index in [1.807, 2.05) is 0 Å².